The molecule has 0 unspecified atom stereocenters. The van der Waals surface area contributed by atoms with Crippen LogP contribution < -0.4 is 0 Å². The maximum atomic E-state index is 12.8. The lowest BCUT2D eigenvalue weighted by atomic mass is 9.87. The minimum absolute atomic E-state index is 0.0205. The predicted molar refractivity (Wildman–Crippen MR) is 101 cm³/mol. The van der Waals surface area contributed by atoms with Gasteiger partial charge in [-0.05, 0) is 49.9 Å². The van der Waals surface area contributed by atoms with E-state index in [0.717, 1.165) is 18.5 Å². The van der Waals surface area contributed by atoms with Gasteiger partial charge < -0.3 is 14.5 Å². The molecule has 3 rings (SSSR count). The standard InChI is InChI=1S/C20H27ClN2O3/c1-3-8-22-11-12-26-20(14-18(22)24)6-9-23(10-7-20)19(25)16-4-5-17(21)15(2)13-16/h4-5,13H,3,6-12,14H2,1-2H3. The van der Waals surface area contributed by atoms with Crippen molar-refractivity contribution in [1.29, 1.82) is 0 Å². The third-order valence-electron chi connectivity index (χ3n) is 5.46. The van der Waals surface area contributed by atoms with Crippen molar-refractivity contribution in [2.24, 2.45) is 0 Å². The summed E-state index contributed by atoms with van der Waals surface area (Å²) in [5.41, 5.74) is 1.15. The van der Waals surface area contributed by atoms with Gasteiger partial charge in [-0.1, -0.05) is 18.5 Å². The van der Waals surface area contributed by atoms with Crippen LogP contribution in [0.25, 0.3) is 0 Å². The Hall–Kier alpha value is -1.59. The summed E-state index contributed by atoms with van der Waals surface area (Å²) in [6, 6.07) is 5.38. The van der Waals surface area contributed by atoms with Crippen molar-refractivity contribution in [3.8, 4) is 0 Å². The average Bonchev–Trinajstić information content (AvgIpc) is 2.77. The molecule has 5 nitrogen and oxygen atoms in total. The molecule has 142 valence electrons. The van der Waals surface area contributed by atoms with Crippen LogP contribution in [0.5, 0.6) is 0 Å². The Labute approximate surface area is 160 Å². The zero-order valence-corrected chi connectivity index (χ0v) is 16.3. The highest BCUT2D eigenvalue weighted by atomic mass is 35.5. The minimum atomic E-state index is -0.410. The van der Waals surface area contributed by atoms with Crippen molar-refractivity contribution < 1.29 is 14.3 Å². The number of hydrogen-bond acceptors (Lipinski definition) is 3. The number of benzene rings is 1. The van der Waals surface area contributed by atoms with E-state index >= 15 is 0 Å². The fraction of sp³-hybridized carbons (Fsp3) is 0.600. The summed E-state index contributed by atoms with van der Waals surface area (Å²) < 4.78 is 6.13. The highest BCUT2D eigenvalue weighted by molar-refractivity contribution is 6.31. The van der Waals surface area contributed by atoms with Gasteiger partial charge in [0.05, 0.1) is 18.6 Å². The molecule has 2 amide bonds. The Morgan fingerprint density at radius 1 is 1.27 bits per heavy atom. The van der Waals surface area contributed by atoms with Crippen LogP contribution in [-0.2, 0) is 9.53 Å². The third-order valence-corrected chi connectivity index (χ3v) is 5.88. The molecule has 2 saturated heterocycles. The fourth-order valence-corrected chi connectivity index (χ4v) is 3.96. The molecule has 0 saturated carbocycles. The van der Waals surface area contributed by atoms with Gasteiger partial charge in [0.25, 0.3) is 5.91 Å². The first kappa shape index (κ1) is 19.2. The summed E-state index contributed by atoms with van der Waals surface area (Å²) >= 11 is 6.05. The quantitative estimate of drug-likeness (QED) is 0.811. The molecule has 0 aromatic heterocycles. The molecule has 0 atom stereocenters. The van der Waals surface area contributed by atoms with E-state index in [9.17, 15) is 9.59 Å². The highest BCUT2D eigenvalue weighted by Crippen LogP contribution is 2.33. The fourth-order valence-electron chi connectivity index (χ4n) is 3.84. The molecule has 6 heteroatoms. The molecule has 0 aliphatic carbocycles. The van der Waals surface area contributed by atoms with Crippen molar-refractivity contribution in [2.45, 2.75) is 45.1 Å². The molecular formula is C20H27ClN2O3. The van der Waals surface area contributed by atoms with Crippen molar-refractivity contribution >= 4 is 23.4 Å². The number of ether oxygens (including phenoxy) is 1. The molecule has 2 heterocycles. The van der Waals surface area contributed by atoms with Crippen LogP contribution in [0, 0.1) is 6.92 Å². The van der Waals surface area contributed by atoms with E-state index in [4.69, 9.17) is 16.3 Å². The summed E-state index contributed by atoms with van der Waals surface area (Å²) in [6.07, 6.45) is 2.80. The normalized spacial score (nSPS) is 20.3. The van der Waals surface area contributed by atoms with E-state index < -0.39 is 5.60 Å². The number of halogens is 1. The van der Waals surface area contributed by atoms with E-state index in [1.807, 2.05) is 22.8 Å². The van der Waals surface area contributed by atoms with Crippen LogP contribution in [-0.4, -0.2) is 60.0 Å². The van der Waals surface area contributed by atoms with E-state index in [-0.39, 0.29) is 11.8 Å². The van der Waals surface area contributed by atoms with E-state index in [0.29, 0.717) is 56.1 Å². The Balaban J connectivity index is 1.64. The predicted octanol–water partition coefficient (Wildman–Crippen LogP) is 3.28. The third kappa shape index (κ3) is 4.04. The molecule has 1 spiro atoms. The summed E-state index contributed by atoms with van der Waals surface area (Å²) in [4.78, 5) is 29.1. The summed E-state index contributed by atoms with van der Waals surface area (Å²) in [5, 5.41) is 0.668. The molecule has 0 bridgehead atoms. The first-order valence-corrected chi connectivity index (χ1v) is 9.79. The maximum Gasteiger partial charge on any atom is 0.253 e. The van der Waals surface area contributed by atoms with Gasteiger partial charge in [-0.15, -0.1) is 0 Å². The lowest BCUT2D eigenvalue weighted by Crippen LogP contribution is -2.49. The lowest BCUT2D eigenvalue weighted by molar-refractivity contribution is -0.135. The van der Waals surface area contributed by atoms with E-state index in [2.05, 4.69) is 6.92 Å². The Bertz CT molecular complexity index is 684. The number of amides is 2. The first-order chi connectivity index (χ1) is 12.4. The maximum absolute atomic E-state index is 12.8. The topological polar surface area (TPSA) is 49.9 Å². The Morgan fingerprint density at radius 2 is 2.00 bits per heavy atom. The second-order valence-corrected chi connectivity index (χ2v) is 7.75. The number of likely N-dealkylation sites (tertiary alicyclic amines) is 1. The van der Waals surface area contributed by atoms with Crippen LogP contribution in [0.2, 0.25) is 5.02 Å². The molecule has 2 aliphatic rings. The van der Waals surface area contributed by atoms with Gasteiger partial charge in [0.15, 0.2) is 0 Å². The first-order valence-electron chi connectivity index (χ1n) is 9.41. The van der Waals surface area contributed by atoms with Gasteiger partial charge in [0.1, 0.15) is 0 Å². The van der Waals surface area contributed by atoms with Crippen molar-refractivity contribution in [3.63, 3.8) is 0 Å². The molecule has 1 aromatic carbocycles. The van der Waals surface area contributed by atoms with Gasteiger partial charge in [-0.3, -0.25) is 9.59 Å². The van der Waals surface area contributed by atoms with Gasteiger partial charge in [0, 0.05) is 36.8 Å². The number of hydrogen-bond donors (Lipinski definition) is 0. The van der Waals surface area contributed by atoms with Crippen LogP contribution in [0.3, 0.4) is 0 Å². The number of carbonyl (C=O) groups is 2. The van der Waals surface area contributed by atoms with E-state index in [1.54, 1.807) is 12.1 Å². The second kappa shape index (κ2) is 7.97. The molecule has 26 heavy (non-hydrogen) atoms. The largest absolute Gasteiger partial charge is 0.372 e. The summed E-state index contributed by atoms with van der Waals surface area (Å²) in [7, 11) is 0. The molecule has 0 N–H and O–H groups in total. The van der Waals surface area contributed by atoms with Crippen LogP contribution >= 0.6 is 11.6 Å². The number of aryl methyl sites for hydroxylation is 1. The van der Waals surface area contributed by atoms with Gasteiger partial charge in [0.2, 0.25) is 5.91 Å². The zero-order chi connectivity index (χ0) is 18.7. The van der Waals surface area contributed by atoms with Crippen molar-refractivity contribution in [3.05, 3.63) is 34.3 Å². The Kier molecular flexibility index (Phi) is 5.88. The average molecular weight is 379 g/mol. The number of piperidine rings is 1. The minimum Gasteiger partial charge on any atom is -0.372 e. The van der Waals surface area contributed by atoms with Crippen LogP contribution in [0.4, 0.5) is 0 Å². The number of nitrogens with zero attached hydrogens (tertiary/aromatic N) is 2. The van der Waals surface area contributed by atoms with Crippen LogP contribution in [0.15, 0.2) is 18.2 Å². The van der Waals surface area contributed by atoms with Crippen molar-refractivity contribution in [2.75, 3.05) is 32.8 Å². The molecular weight excluding hydrogens is 352 g/mol. The molecule has 2 fully saturated rings. The highest BCUT2D eigenvalue weighted by Gasteiger charge is 2.41. The summed E-state index contributed by atoms with van der Waals surface area (Å²) in [5.74, 6) is 0.199. The molecule has 1 aromatic rings. The number of rotatable bonds is 3. The Morgan fingerprint density at radius 3 is 2.65 bits per heavy atom. The van der Waals surface area contributed by atoms with E-state index in [1.165, 1.54) is 0 Å². The van der Waals surface area contributed by atoms with Gasteiger partial charge in [-0.2, -0.15) is 0 Å². The smallest absolute Gasteiger partial charge is 0.253 e. The molecule has 0 radical (unpaired) electrons. The van der Waals surface area contributed by atoms with Crippen LogP contribution in [0.1, 0.15) is 48.5 Å². The zero-order valence-electron chi connectivity index (χ0n) is 15.6. The summed E-state index contributed by atoms with van der Waals surface area (Å²) in [6.45, 7) is 7.24. The monoisotopic (exact) mass is 378 g/mol. The lowest BCUT2D eigenvalue weighted by Gasteiger charge is -2.40. The number of carbonyl (C=O) groups excluding carboxylic acids is 2. The SMILES string of the molecule is CCCN1CCOC2(CCN(C(=O)c3ccc(Cl)c(C)c3)CC2)CC1=O. The van der Waals surface area contributed by atoms with Gasteiger partial charge >= 0.3 is 0 Å². The molecule has 2 aliphatic heterocycles. The second-order valence-electron chi connectivity index (χ2n) is 7.35. The van der Waals surface area contributed by atoms with Crippen molar-refractivity contribution in [1.82, 2.24) is 9.80 Å². The van der Waals surface area contributed by atoms with Gasteiger partial charge in [-0.25, -0.2) is 0 Å².